The highest BCUT2D eigenvalue weighted by molar-refractivity contribution is 5.21. The Morgan fingerprint density at radius 3 is 2.55 bits per heavy atom. The average molecular weight is 284 g/mol. The Morgan fingerprint density at radius 1 is 1.10 bits per heavy atom. The van der Waals surface area contributed by atoms with Gasteiger partial charge in [-0.1, -0.05) is 30.3 Å². The van der Waals surface area contributed by atoms with Crippen LogP contribution in [-0.2, 0) is 0 Å². The van der Waals surface area contributed by atoms with Gasteiger partial charge in [0.2, 0.25) is 0 Å². The van der Waals surface area contributed by atoms with E-state index in [1.807, 2.05) is 0 Å². The van der Waals surface area contributed by atoms with Gasteiger partial charge in [-0.2, -0.15) is 13.2 Å². The van der Waals surface area contributed by atoms with Crippen molar-refractivity contribution in [3.63, 3.8) is 0 Å². The number of hydrogen-bond donors (Lipinski definition) is 1. The van der Waals surface area contributed by atoms with Crippen LogP contribution in [0.2, 0.25) is 0 Å². The Balaban J connectivity index is 1.77. The second kappa shape index (κ2) is 5.37. The fraction of sp³-hybridized carbons (Fsp3) is 0.600. The van der Waals surface area contributed by atoms with Crippen LogP contribution in [0.25, 0.3) is 0 Å². The molecule has 2 fully saturated rings. The zero-order chi connectivity index (χ0) is 14.2. The molecular weight excluding hydrogens is 265 g/mol. The number of rotatable bonds is 3. The summed E-state index contributed by atoms with van der Waals surface area (Å²) >= 11 is 0. The SMILES string of the molecule is FC(F)(F)C(NC1CCN2CCCC12)c1ccccc1. The van der Waals surface area contributed by atoms with Gasteiger partial charge in [-0.3, -0.25) is 10.2 Å². The molecule has 0 aliphatic carbocycles. The molecule has 110 valence electrons. The Hall–Kier alpha value is -1.07. The molecule has 2 heterocycles. The van der Waals surface area contributed by atoms with Gasteiger partial charge >= 0.3 is 6.18 Å². The van der Waals surface area contributed by atoms with E-state index in [4.69, 9.17) is 0 Å². The van der Waals surface area contributed by atoms with Crippen molar-refractivity contribution in [3.8, 4) is 0 Å². The Morgan fingerprint density at radius 2 is 1.85 bits per heavy atom. The molecule has 0 radical (unpaired) electrons. The quantitative estimate of drug-likeness (QED) is 0.917. The van der Waals surface area contributed by atoms with E-state index in [1.165, 1.54) is 0 Å². The van der Waals surface area contributed by atoms with Crippen molar-refractivity contribution in [3.05, 3.63) is 35.9 Å². The van der Waals surface area contributed by atoms with Gasteiger partial charge in [0.15, 0.2) is 0 Å². The summed E-state index contributed by atoms with van der Waals surface area (Å²) < 4.78 is 40.0. The molecular formula is C15H19F3N2. The fourth-order valence-electron chi connectivity index (χ4n) is 3.52. The number of fused-ring (bicyclic) bond motifs is 1. The number of halogens is 3. The van der Waals surface area contributed by atoms with E-state index < -0.39 is 12.2 Å². The maximum atomic E-state index is 13.3. The molecule has 1 aromatic carbocycles. The lowest BCUT2D eigenvalue weighted by atomic mass is 10.0. The molecule has 0 saturated carbocycles. The molecule has 2 aliphatic heterocycles. The van der Waals surface area contributed by atoms with Crippen molar-refractivity contribution in [1.82, 2.24) is 10.2 Å². The van der Waals surface area contributed by atoms with E-state index in [1.54, 1.807) is 30.3 Å². The molecule has 3 unspecified atom stereocenters. The predicted octanol–water partition coefficient (Wildman–Crippen LogP) is 3.12. The molecule has 0 amide bonds. The van der Waals surface area contributed by atoms with Gasteiger partial charge in [-0.25, -0.2) is 0 Å². The number of nitrogens with one attached hydrogen (secondary N) is 1. The summed E-state index contributed by atoms with van der Waals surface area (Å²) in [7, 11) is 0. The smallest absolute Gasteiger partial charge is 0.299 e. The highest BCUT2D eigenvalue weighted by Crippen LogP contribution is 2.36. The van der Waals surface area contributed by atoms with Crippen LogP contribution in [0.1, 0.15) is 30.9 Å². The summed E-state index contributed by atoms with van der Waals surface area (Å²) in [5.41, 5.74) is 0.302. The maximum absolute atomic E-state index is 13.3. The molecule has 5 heteroatoms. The maximum Gasteiger partial charge on any atom is 0.407 e. The summed E-state index contributed by atoms with van der Waals surface area (Å²) in [4.78, 5) is 2.32. The Bertz CT molecular complexity index is 446. The van der Waals surface area contributed by atoms with Gasteiger partial charge < -0.3 is 0 Å². The molecule has 0 spiro atoms. The van der Waals surface area contributed by atoms with Crippen LogP contribution in [0, 0.1) is 0 Å². The fourth-order valence-corrected chi connectivity index (χ4v) is 3.52. The highest BCUT2D eigenvalue weighted by atomic mass is 19.4. The Kier molecular flexibility index (Phi) is 3.73. The van der Waals surface area contributed by atoms with Crippen molar-refractivity contribution >= 4 is 0 Å². The largest absolute Gasteiger partial charge is 0.407 e. The normalized spacial score (nSPS) is 28.6. The summed E-state index contributed by atoms with van der Waals surface area (Å²) in [6, 6.07) is 6.82. The highest BCUT2D eigenvalue weighted by Gasteiger charge is 2.45. The lowest BCUT2D eigenvalue weighted by molar-refractivity contribution is -0.160. The van der Waals surface area contributed by atoms with Gasteiger partial charge in [0.1, 0.15) is 6.04 Å². The summed E-state index contributed by atoms with van der Waals surface area (Å²) in [5.74, 6) is 0. The monoisotopic (exact) mass is 284 g/mol. The van der Waals surface area contributed by atoms with E-state index in [0.29, 0.717) is 5.56 Å². The standard InChI is InChI=1S/C15H19F3N2/c16-15(17,18)14(11-5-2-1-3-6-11)19-12-8-10-20-9-4-7-13(12)20/h1-3,5-6,12-14,19H,4,7-10H2. The van der Waals surface area contributed by atoms with Crippen LogP contribution in [-0.4, -0.2) is 36.2 Å². The summed E-state index contributed by atoms with van der Waals surface area (Å²) in [6.45, 7) is 1.95. The minimum Gasteiger partial charge on any atom is -0.299 e. The van der Waals surface area contributed by atoms with Crippen LogP contribution < -0.4 is 5.32 Å². The third-order valence-corrected chi connectivity index (χ3v) is 4.45. The summed E-state index contributed by atoms with van der Waals surface area (Å²) in [5, 5.41) is 2.88. The van der Waals surface area contributed by atoms with Gasteiger partial charge in [0.05, 0.1) is 0 Å². The molecule has 2 aliphatic rings. The number of benzene rings is 1. The molecule has 2 nitrogen and oxygen atoms in total. The zero-order valence-corrected chi connectivity index (χ0v) is 11.2. The van der Waals surface area contributed by atoms with E-state index in [-0.39, 0.29) is 12.1 Å². The van der Waals surface area contributed by atoms with E-state index in [9.17, 15) is 13.2 Å². The van der Waals surface area contributed by atoms with E-state index in [0.717, 1.165) is 32.4 Å². The second-order valence-corrected chi connectivity index (χ2v) is 5.69. The van der Waals surface area contributed by atoms with Gasteiger partial charge in [0.25, 0.3) is 0 Å². The molecule has 0 bridgehead atoms. The molecule has 3 rings (SSSR count). The first-order valence-corrected chi connectivity index (χ1v) is 7.17. The molecule has 3 atom stereocenters. The Labute approximate surface area is 117 Å². The van der Waals surface area contributed by atoms with Crippen LogP contribution in [0.4, 0.5) is 13.2 Å². The number of nitrogens with zero attached hydrogens (tertiary/aromatic N) is 1. The molecule has 2 saturated heterocycles. The van der Waals surface area contributed by atoms with Crippen LogP contribution >= 0.6 is 0 Å². The predicted molar refractivity (Wildman–Crippen MR) is 71.4 cm³/mol. The van der Waals surface area contributed by atoms with Gasteiger partial charge in [-0.15, -0.1) is 0 Å². The topological polar surface area (TPSA) is 15.3 Å². The molecule has 0 aromatic heterocycles. The van der Waals surface area contributed by atoms with Crippen LogP contribution in [0.15, 0.2) is 30.3 Å². The minimum atomic E-state index is -4.26. The first-order chi connectivity index (χ1) is 9.55. The third-order valence-electron chi connectivity index (χ3n) is 4.45. The number of hydrogen-bond acceptors (Lipinski definition) is 2. The van der Waals surface area contributed by atoms with Crippen LogP contribution in [0.5, 0.6) is 0 Å². The second-order valence-electron chi connectivity index (χ2n) is 5.69. The minimum absolute atomic E-state index is 0.0515. The first-order valence-electron chi connectivity index (χ1n) is 7.17. The molecule has 1 aromatic rings. The van der Waals surface area contributed by atoms with Gasteiger partial charge in [-0.05, 0) is 31.4 Å². The van der Waals surface area contributed by atoms with Crippen molar-refractivity contribution in [2.24, 2.45) is 0 Å². The van der Waals surface area contributed by atoms with Crippen LogP contribution in [0.3, 0.4) is 0 Å². The lowest BCUT2D eigenvalue weighted by Crippen LogP contribution is -2.45. The zero-order valence-electron chi connectivity index (χ0n) is 11.2. The third kappa shape index (κ3) is 2.69. The number of alkyl halides is 3. The molecule has 20 heavy (non-hydrogen) atoms. The summed E-state index contributed by atoms with van der Waals surface area (Å²) in [6.07, 6.45) is -1.33. The van der Waals surface area contributed by atoms with Crippen molar-refractivity contribution in [2.75, 3.05) is 13.1 Å². The lowest BCUT2D eigenvalue weighted by Gasteiger charge is -2.29. The van der Waals surface area contributed by atoms with E-state index in [2.05, 4.69) is 10.2 Å². The van der Waals surface area contributed by atoms with Crippen molar-refractivity contribution in [1.29, 1.82) is 0 Å². The van der Waals surface area contributed by atoms with Gasteiger partial charge in [0, 0.05) is 18.6 Å². The first kappa shape index (κ1) is 13.9. The average Bonchev–Trinajstić information content (AvgIpc) is 2.99. The van der Waals surface area contributed by atoms with Crippen molar-refractivity contribution < 1.29 is 13.2 Å². The van der Waals surface area contributed by atoms with Crippen molar-refractivity contribution in [2.45, 2.75) is 43.6 Å². The molecule has 1 N–H and O–H groups in total. The van der Waals surface area contributed by atoms with E-state index >= 15 is 0 Å².